The molecule has 3 aromatic carbocycles. The summed E-state index contributed by atoms with van der Waals surface area (Å²) in [5, 5.41) is 8.19. The van der Waals surface area contributed by atoms with Gasteiger partial charge in [-0.2, -0.15) is 0 Å². The fourth-order valence-corrected chi connectivity index (χ4v) is 4.21. The fraction of sp³-hybridized carbons (Fsp3) is 0.154. The molecule has 0 radical (unpaired) electrons. The van der Waals surface area contributed by atoms with Crippen LogP contribution in [0.3, 0.4) is 0 Å². The van der Waals surface area contributed by atoms with Crippen LogP contribution in [0.15, 0.2) is 84.9 Å². The van der Waals surface area contributed by atoms with Gasteiger partial charge in [0, 0.05) is 12.1 Å². The summed E-state index contributed by atoms with van der Waals surface area (Å²) in [5.41, 5.74) is 4.62. The van der Waals surface area contributed by atoms with Gasteiger partial charge in [-0.15, -0.1) is 5.10 Å². The van der Waals surface area contributed by atoms with E-state index in [0.29, 0.717) is 17.8 Å². The van der Waals surface area contributed by atoms with Gasteiger partial charge in [0.2, 0.25) is 0 Å². The van der Waals surface area contributed by atoms with Gasteiger partial charge in [-0.05, 0) is 54.3 Å². The minimum absolute atomic E-state index is 0.119. The zero-order valence-corrected chi connectivity index (χ0v) is 17.3. The van der Waals surface area contributed by atoms with E-state index < -0.39 is 0 Å². The number of anilines is 2. The van der Waals surface area contributed by atoms with E-state index in [2.05, 4.69) is 17.4 Å². The Morgan fingerprint density at radius 2 is 1.58 bits per heavy atom. The lowest BCUT2D eigenvalue weighted by molar-refractivity contribution is 0.0964. The third-order valence-corrected chi connectivity index (χ3v) is 5.76. The molecule has 0 spiro atoms. The number of hydrogen-bond donors (Lipinski definition) is 1. The van der Waals surface area contributed by atoms with Gasteiger partial charge in [-0.25, -0.2) is 4.68 Å². The van der Waals surface area contributed by atoms with Crippen LogP contribution in [0.1, 0.15) is 34.0 Å². The van der Waals surface area contributed by atoms with Crippen LogP contribution in [0.25, 0.3) is 5.69 Å². The smallest absolute Gasteiger partial charge is 0.169 e. The molecule has 4 aromatic rings. The molecule has 1 N–H and O–H groups in total. The number of carbonyl (C=O) groups excluding carboxylic acids is 1. The number of ketones is 1. The Morgan fingerprint density at radius 3 is 2.26 bits per heavy atom. The maximum atomic E-state index is 13.3. The number of aromatic nitrogens is 2. The van der Waals surface area contributed by atoms with Crippen LogP contribution in [0.4, 0.5) is 11.5 Å². The first-order valence-corrected chi connectivity index (χ1v) is 10.4. The predicted octanol–water partition coefficient (Wildman–Crippen LogP) is 5.54. The number of nitrogens with zero attached hydrogens (tertiary/aromatic N) is 2. The number of carbonyl (C=O) groups is 1. The van der Waals surface area contributed by atoms with E-state index in [1.54, 1.807) is 7.11 Å². The molecule has 5 nitrogen and oxygen atoms in total. The molecule has 0 saturated heterocycles. The Morgan fingerprint density at radius 1 is 0.903 bits per heavy atom. The summed E-state index contributed by atoms with van der Waals surface area (Å²) in [6.45, 7) is 0. The molecular weight excluding hydrogens is 386 g/mol. The second kappa shape index (κ2) is 8.11. The van der Waals surface area contributed by atoms with Crippen molar-refractivity contribution in [3.8, 4) is 11.4 Å². The predicted molar refractivity (Wildman–Crippen MR) is 122 cm³/mol. The van der Waals surface area contributed by atoms with E-state index in [1.807, 2.05) is 77.5 Å². The molecule has 154 valence electrons. The summed E-state index contributed by atoms with van der Waals surface area (Å²) in [5.74, 6) is 1.65. The second-order valence-corrected chi connectivity index (χ2v) is 7.71. The SMILES string of the molecule is COc1ccc(-n2nc(Nc3ccccc3)c3c2C[C@H](c2ccccc2)CC3=O)cc1. The van der Waals surface area contributed by atoms with Crippen molar-refractivity contribution < 1.29 is 9.53 Å². The monoisotopic (exact) mass is 409 g/mol. The van der Waals surface area contributed by atoms with Crippen LogP contribution in [-0.4, -0.2) is 22.7 Å². The standard InChI is InChI=1S/C26H23N3O2/c1-31-22-14-12-21(13-15-22)29-23-16-19(18-8-4-2-5-9-18)17-24(30)25(23)26(28-29)27-20-10-6-3-7-11-20/h2-15,19H,16-17H2,1H3,(H,27,28)/t19-/m0/s1. The molecule has 0 aliphatic heterocycles. The van der Waals surface area contributed by atoms with Gasteiger partial charge in [0.25, 0.3) is 0 Å². The number of fused-ring (bicyclic) bond motifs is 1. The van der Waals surface area contributed by atoms with Crippen molar-refractivity contribution in [2.75, 3.05) is 12.4 Å². The molecule has 0 saturated carbocycles. The second-order valence-electron chi connectivity index (χ2n) is 7.71. The Kier molecular flexibility index (Phi) is 5.00. The van der Waals surface area contributed by atoms with E-state index in [9.17, 15) is 4.79 Å². The lowest BCUT2D eigenvalue weighted by Crippen LogP contribution is -2.20. The van der Waals surface area contributed by atoms with Crippen LogP contribution in [-0.2, 0) is 6.42 Å². The third kappa shape index (κ3) is 3.70. The van der Waals surface area contributed by atoms with Gasteiger partial charge in [0.1, 0.15) is 5.75 Å². The fourth-order valence-electron chi connectivity index (χ4n) is 4.21. The summed E-state index contributed by atoms with van der Waals surface area (Å²) in [6, 6.07) is 27.8. The molecular formula is C26H23N3O2. The minimum Gasteiger partial charge on any atom is -0.497 e. The van der Waals surface area contributed by atoms with E-state index >= 15 is 0 Å². The summed E-state index contributed by atoms with van der Waals surface area (Å²) in [4.78, 5) is 13.3. The molecule has 1 heterocycles. The first-order valence-electron chi connectivity index (χ1n) is 10.4. The van der Waals surface area contributed by atoms with Crippen LogP contribution in [0.5, 0.6) is 5.75 Å². The summed E-state index contributed by atoms with van der Waals surface area (Å²) >= 11 is 0. The third-order valence-electron chi connectivity index (χ3n) is 5.76. The average Bonchev–Trinajstić information content (AvgIpc) is 3.19. The Hall–Kier alpha value is -3.86. The highest BCUT2D eigenvalue weighted by molar-refractivity contribution is 6.03. The van der Waals surface area contributed by atoms with E-state index in [1.165, 1.54) is 5.56 Å². The largest absolute Gasteiger partial charge is 0.497 e. The first-order chi connectivity index (χ1) is 15.2. The molecule has 1 atom stereocenters. The molecule has 0 bridgehead atoms. The van der Waals surface area contributed by atoms with Crippen molar-refractivity contribution in [3.05, 3.63) is 102 Å². The molecule has 1 aromatic heterocycles. The molecule has 0 unspecified atom stereocenters. The number of nitrogens with one attached hydrogen (secondary N) is 1. The molecule has 5 heteroatoms. The molecule has 5 rings (SSSR count). The molecule has 0 fully saturated rings. The topological polar surface area (TPSA) is 56.1 Å². The van der Waals surface area contributed by atoms with E-state index in [-0.39, 0.29) is 11.7 Å². The number of methoxy groups -OCH3 is 1. The van der Waals surface area contributed by atoms with Gasteiger partial charge in [0.05, 0.1) is 24.1 Å². The highest BCUT2D eigenvalue weighted by Crippen LogP contribution is 2.38. The minimum atomic E-state index is 0.119. The van der Waals surface area contributed by atoms with Crippen LogP contribution >= 0.6 is 0 Å². The van der Waals surface area contributed by atoms with Crippen molar-refractivity contribution in [3.63, 3.8) is 0 Å². The first kappa shape index (κ1) is 19.1. The van der Waals surface area contributed by atoms with Crippen molar-refractivity contribution in [1.82, 2.24) is 9.78 Å². The number of benzene rings is 3. The maximum absolute atomic E-state index is 13.3. The van der Waals surface area contributed by atoms with Gasteiger partial charge in [-0.1, -0.05) is 48.5 Å². The number of hydrogen-bond acceptors (Lipinski definition) is 4. The summed E-state index contributed by atoms with van der Waals surface area (Å²) in [6.07, 6.45) is 1.23. The van der Waals surface area contributed by atoms with Gasteiger partial charge in [-0.3, -0.25) is 4.79 Å². The van der Waals surface area contributed by atoms with Gasteiger partial charge in [0.15, 0.2) is 11.6 Å². The van der Waals surface area contributed by atoms with Gasteiger partial charge >= 0.3 is 0 Å². The maximum Gasteiger partial charge on any atom is 0.169 e. The zero-order chi connectivity index (χ0) is 21.2. The lowest BCUT2D eigenvalue weighted by atomic mass is 9.82. The number of para-hydroxylation sites is 1. The Bertz CT molecular complexity index is 1200. The highest BCUT2D eigenvalue weighted by Gasteiger charge is 2.33. The van der Waals surface area contributed by atoms with Crippen LogP contribution in [0.2, 0.25) is 0 Å². The molecule has 0 amide bonds. The zero-order valence-electron chi connectivity index (χ0n) is 17.3. The van der Waals surface area contributed by atoms with Crippen LogP contribution in [0, 0.1) is 0 Å². The van der Waals surface area contributed by atoms with Crippen molar-refractivity contribution in [2.24, 2.45) is 0 Å². The Balaban J connectivity index is 1.60. The normalized spacial score (nSPS) is 15.4. The van der Waals surface area contributed by atoms with Gasteiger partial charge < -0.3 is 10.1 Å². The summed E-state index contributed by atoms with van der Waals surface area (Å²) < 4.78 is 7.19. The van der Waals surface area contributed by atoms with Crippen molar-refractivity contribution >= 4 is 17.3 Å². The lowest BCUT2D eigenvalue weighted by Gasteiger charge is -2.23. The van der Waals surface area contributed by atoms with E-state index in [0.717, 1.165) is 29.2 Å². The quantitative estimate of drug-likeness (QED) is 0.470. The van der Waals surface area contributed by atoms with Crippen LogP contribution < -0.4 is 10.1 Å². The molecule has 1 aliphatic rings. The highest BCUT2D eigenvalue weighted by atomic mass is 16.5. The van der Waals surface area contributed by atoms with E-state index in [4.69, 9.17) is 9.84 Å². The number of ether oxygens (including phenoxy) is 1. The van der Waals surface area contributed by atoms with Crippen molar-refractivity contribution in [1.29, 1.82) is 0 Å². The molecule has 1 aliphatic carbocycles. The number of rotatable bonds is 5. The Labute approximate surface area is 181 Å². The van der Waals surface area contributed by atoms with Crippen molar-refractivity contribution in [2.45, 2.75) is 18.8 Å². The number of Topliss-reactive ketones (excluding diaryl/α,β-unsaturated/α-hetero) is 1. The molecule has 31 heavy (non-hydrogen) atoms. The average molecular weight is 409 g/mol. The summed E-state index contributed by atoms with van der Waals surface area (Å²) in [7, 11) is 1.65.